The second kappa shape index (κ2) is 7.17. The van der Waals surface area contributed by atoms with Crippen molar-refractivity contribution in [1.82, 2.24) is 14.3 Å². The first-order valence-electron chi connectivity index (χ1n) is 7.89. The maximum atomic E-state index is 12.6. The molecule has 0 N–H and O–H groups in total. The third-order valence-corrected chi connectivity index (χ3v) is 5.80. The number of aryl methyl sites for hydroxylation is 1. The quantitative estimate of drug-likeness (QED) is 0.806. The monoisotopic (exact) mass is 358 g/mol. The molecule has 0 spiro atoms. The van der Waals surface area contributed by atoms with E-state index in [-0.39, 0.29) is 30.0 Å². The van der Waals surface area contributed by atoms with E-state index in [1.807, 2.05) is 37.3 Å². The summed E-state index contributed by atoms with van der Waals surface area (Å²) in [4.78, 5) is 7.89. The van der Waals surface area contributed by atoms with Crippen molar-refractivity contribution in [2.45, 2.75) is 25.2 Å². The van der Waals surface area contributed by atoms with Crippen LogP contribution in [0.15, 0.2) is 36.7 Å². The lowest BCUT2D eigenvalue weighted by Crippen LogP contribution is -2.32. The minimum atomic E-state index is -3.42. The Morgan fingerprint density at radius 1 is 1.36 bits per heavy atom. The van der Waals surface area contributed by atoms with Crippen LogP contribution >= 0.6 is 0 Å². The second-order valence-corrected chi connectivity index (χ2v) is 7.92. The molecule has 130 valence electrons. The van der Waals surface area contributed by atoms with Crippen LogP contribution in [0.1, 0.15) is 23.2 Å². The number of rotatable bonds is 5. The average molecular weight is 358 g/mol. The Balaban J connectivity index is 1.66. The van der Waals surface area contributed by atoms with E-state index in [4.69, 9.17) is 10.00 Å². The molecule has 1 aromatic carbocycles. The summed E-state index contributed by atoms with van der Waals surface area (Å²) in [7, 11) is -3.42. The molecule has 2 heterocycles. The summed E-state index contributed by atoms with van der Waals surface area (Å²) in [6.07, 6.45) is 3.07. The predicted octanol–water partition coefficient (Wildman–Crippen LogP) is 1.64. The molecule has 0 saturated carbocycles. The summed E-state index contributed by atoms with van der Waals surface area (Å²) in [6.45, 7) is 2.57. The van der Waals surface area contributed by atoms with Crippen LogP contribution in [0.5, 0.6) is 5.88 Å². The van der Waals surface area contributed by atoms with Crippen molar-refractivity contribution in [3.05, 3.63) is 53.5 Å². The lowest BCUT2D eigenvalue weighted by molar-refractivity contribution is 0.205. The predicted molar refractivity (Wildman–Crippen MR) is 91.2 cm³/mol. The molecular weight excluding hydrogens is 340 g/mol. The van der Waals surface area contributed by atoms with E-state index in [0.717, 1.165) is 11.1 Å². The third-order valence-electron chi connectivity index (χ3n) is 3.98. The van der Waals surface area contributed by atoms with Gasteiger partial charge in [0.1, 0.15) is 12.2 Å². The van der Waals surface area contributed by atoms with Crippen LogP contribution in [-0.2, 0) is 15.8 Å². The van der Waals surface area contributed by atoms with Gasteiger partial charge in [-0.1, -0.05) is 29.8 Å². The first-order valence-corrected chi connectivity index (χ1v) is 9.50. The SMILES string of the molecule is Cc1cccc(CS(=O)(=O)N2CCC(Oc3nccnc3C#N)C2)c1. The van der Waals surface area contributed by atoms with Crippen molar-refractivity contribution in [3.8, 4) is 11.9 Å². The second-order valence-electron chi connectivity index (χ2n) is 5.95. The molecule has 7 nitrogen and oxygen atoms in total. The molecule has 0 bridgehead atoms. The molecule has 3 rings (SSSR count). The summed E-state index contributed by atoms with van der Waals surface area (Å²) >= 11 is 0. The number of nitriles is 1. The molecule has 0 aliphatic carbocycles. The molecular formula is C17H18N4O3S. The lowest BCUT2D eigenvalue weighted by Gasteiger charge is -2.17. The number of aromatic nitrogens is 2. The van der Waals surface area contributed by atoms with Crippen molar-refractivity contribution in [2.24, 2.45) is 0 Å². The van der Waals surface area contributed by atoms with Gasteiger partial charge in [-0.3, -0.25) is 0 Å². The fourth-order valence-electron chi connectivity index (χ4n) is 2.80. The first-order chi connectivity index (χ1) is 12.0. The van der Waals surface area contributed by atoms with Crippen molar-refractivity contribution in [1.29, 1.82) is 5.26 Å². The number of ether oxygens (including phenoxy) is 1. The van der Waals surface area contributed by atoms with Gasteiger partial charge in [0.2, 0.25) is 15.7 Å². The van der Waals surface area contributed by atoms with Gasteiger partial charge in [-0.15, -0.1) is 0 Å². The highest BCUT2D eigenvalue weighted by Crippen LogP contribution is 2.22. The van der Waals surface area contributed by atoms with Gasteiger partial charge >= 0.3 is 0 Å². The van der Waals surface area contributed by atoms with Crippen LogP contribution < -0.4 is 4.74 Å². The number of hydrogen-bond acceptors (Lipinski definition) is 6. The van der Waals surface area contributed by atoms with Gasteiger partial charge in [-0.05, 0) is 18.9 Å². The Bertz CT molecular complexity index is 908. The Morgan fingerprint density at radius 2 is 2.16 bits per heavy atom. The van der Waals surface area contributed by atoms with Gasteiger partial charge < -0.3 is 4.74 Å². The molecule has 1 aliphatic rings. The van der Waals surface area contributed by atoms with Gasteiger partial charge in [0, 0.05) is 18.9 Å². The van der Waals surface area contributed by atoms with Crippen molar-refractivity contribution in [3.63, 3.8) is 0 Å². The number of benzene rings is 1. The van der Waals surface area contributed by atoms with Crippen LogP contribution in [0.2, 0.25) is 0 Å². The highest BCUT2D eigenvalue weighted by molar-refractivity contribution is 7.88. The van der Waals surface area contributed by atoms with E-state index >= 15 is 0 Å². The van der Waals surface area contributed by atoms with Crippen LogP contribution in [0.25, 0.3) is 0 Å². The first kappa shape index (κ1) is 17.3. The van der Waals surface area contributed by atoms with E-state index in [9.17, 15) is 8.42 Å². The molecule has 1 aromatic heterocycles. The van der Waals surface area contributed by atoms with Gasteiger partial charge in [0.15, 0.2) is 0 Å². The van der Waals surface area contributed by atoms with E-state index in [1.165, 1.54) is 16.7 Å². The zero-order chi connectivity index (χ0) is 17.9. The van der Waals surface area contributed by atoms with Gasteiger partial charge in [0.05, 0.1) is 12.3 Å². The molecule has 8 heteroatoms. The molecule has 0 amide bonds. The van der Waals surface area contributed by atoms with Crippen LogP contribution in [0.3, 0.4) is 0 Å². The van der Waals surface area contributed by atoms with E-state index in [2.05, 4.69) is 9.97 Å². The average Bonchev–Trinajstić information content (AvgIpc) is 3.04. The standard InChI is InChI=1S/C17H18N4O3S/c1-13-3-2-4-14(9-13)12-25(22,23)21-8-5-15(11-21)24-17-16(10-18)19-6-7-20-17/h2-4,6-7,9,15H,5,8,11-12H2,1H3. The highest BCUT2D eigenvalue weighted by atomic mass is 32.2. The smallest absolute Gasteiger partial charge is 0.251 e. The van der Waals surface area contributed by atoms with Crippen molar-refractivity contribution in [2.75, 3.05) is 13.1 Å². The Kier molecular flexibility index (Phi) is 4.97. The summed E-state index contributed by atoms with van der Waals surface area (Å²) in [5, 5.41) is 9.02. The lowest BCUT2D eigenvalue weighted by atomic mass is 10.2. The van der Waals surface area contributed by atoms with Crippen LogP contribution in [-0.4, -0.2) is 41.9 Å². The molecule has 1 unspecified atom stereocenters. The number of sulfonamides is 1. The van der Waals surface area contributed by atoms with E-state index in [1.54, 1.807) is 0 Å². The largest absolute Gasteiger partial charge is 0.471 e. The van der Waals surface area contributed by atoms with Crippen molar-refractivity contribution < 1.29 is 13.2 Å². The normalized spacial score (nSPS) is 18.0. The summed E-state index contributed by atoms with van der Waals surface area (Å²) in [5.41, 5.74) is 1.90. The van der Waals surface area contributed by atoms with Gasteiger partial charge in [-0.25, -0.2) is 18.4 Å². The van der Waals surface area contributed by atoms with E-state index in [0.29, 0.717) is 13.0 Å². The minimum Gasteiger partial charge on any atom is -0.471 e. The third kappa shape index (κ3) is 4.13. The van der Waals surface area contributed by atoms with E-state index < -0.39 is 10.0 Å². The molecule has 1 aliphatic heterocycles. The molecule has 0 radical (unpaired) electrons. The fraction of sp³-hybridized carbons (Fsp3) is 0.353. The van der Waals surface area contributed by atoms with Crippen LogP contribution in [0.4, 0.5) is 0 Å². The topological polar surface area (TPSA) is 96.2 Å². The minimum absolute atomic E-state index is 0.0318. The van der Waals surface area contributed by atoms with Gasteiger partial charge in [0.25, 0.3) is 5.88 Å². The molecule has 1 atom stereocenters. The molecule has 25 heavy (non-hydrogen) atoms. The summed E-state index contributed by atoms with van der Waals surface area (Å²) in [6, 6.07) is 9.40. The summed E-state index contributed by atoms with van der Waals surface area (Å²) in [5.74, 6) is 0.114. The highest BCUT2D eigenvalue weighted by Gasteiger charge is 2.33. The van der Waals surface area contributed by atoms with Crippen molar-refractivity contribution >= 4 is 10.0 Å². The summed E-state index contributed by atoms with van der Waals surface area (Å²) < 4.78 is 32.4. The van der Waals surface area contributed by atoms with Crippen LogP contribution in [0, 0.1) is 18.3 Å². The number of hydrogen-bond donors (Lipinski definition) is 0. The Morgan fingerprint density at radius 3 is 2.92 bits per heavy atom. The maximum absolute atomic E-state index is 12.6. The Labute approximate surface area is 147 Å². The zero-order valence-corrected chi connectivity index (χ0v) is 14.6. The zero-order valence-electron chi connectivity index (χ0n) is 13.8. The Hall–Kier alpha value is -2.50. The fourth-order valence-corrected chi connectivity index (χ4v) is 4.36. The molecule has 1 fully saturated rings. The molecule has 1 saturated heterocycles. The van der Waals surface area contributed by atoms with Gasteiger partial charge in [-0.2, -0.15) is 9.57 Å². The maximum Gasteiger partial charge on any atom is 0.251 e. The number of nitrogens with zero attached hydrogens (tertiary/aromatic N) is 4. The molecule has 2 aromatic rings.